The van der Waals surface area contributed by atoms with Gasteiger partial charge in [0.25, 0.3) is 5.91 Å². The normalized spacial score (nSPS) is 15.4. The van der Waals surface area contributed by atoms with Crippen LogP contribution in [0.1, 0.15) is 42.5 Å². The van der Waals surface area contributed by atoms with Crippen molar-refractivity contribution in [3.63, 3.8) is 0 Å². The highest BCUT2D eigenvalue weighted by Crippen LogP contribution is 2.40. The molecule has 2 amide bonds. The van der Waals surface area contributed by atoms with Gasteiger partial charge < -0.3 is 20.1 Å². The van der Waals surface area contributed by atoms with Crippen LogP contribution in [-0.2, 0) is 4.79 Å². The van der Waals surface area contributed by atoms with Gasteiger partial charge in [-0.05, 0) is 31.4 Å². The monoisotopic (exact) mass is 460 g/mol. The Morgan fingerprint density at radius 2 is 1.68 bits per heavy atom. The van der Waals surface area contributed by atoms with E-state index in [2.05, 4.69) is 10.6 Å². The van der Waals surface area contributed by atoms with Gasteiger partial charge in [0.1, 0.15) is 11.5 Å². The number of anilines is 2. The van der Waals surface area contributed by atoms with E-state index in [4.69, 9.17) is 9.47 Å². The fourth-order valence-electron chi connectivity index (χ4n) is 3.31. The van der Waals surface area contributed by atoms with Crippen LogP contribution in [0.5, 0.6) is 11.5 Å². The smallest absolute Gasteiger partial charge is 0.255 e. The first-order valence-electron chi connectivity index (χ1n) is 10.3. The Kier molecular flexibility index (Phi) is 8.97. The number of unbranched alkanes of at least 4 members (excludes halogenated alkanes) is 1. The molecule has 0 spiro atoms. The van der Waals surface area contributed by atoms with E-state index >= 15 is 0 Å². The van der Waals surface area contributed by atoms with Crippen LogP contribution in [0.2, 0.25) is 0 Å². The summed E-state index contributed by atoms with van der Waals surface area (Å²) in [7, 11) is 6.96. The van der Waals surface area contributed by atoms with E-state index in [1.807, 2.05) is 27.7 Å². The molecule has 166 valence electrons. The molecule has 1 heterocycles. The van der Waals surface area contributed by atoms with Crippen molar-refractivity contribution >= 4 is 44.8 Å². The molecule has 1 aliphatic heterocycles. The molecule has 2 N–H and O–H groups in total. The summed E-state index contributed by atoms with van der Waals surface area (Å²) in [5.41, 5.74) is 1.53. The van der Waals surface area contributed by atoms with Crippen LogP contribution < -0.4 is 20.1 Å². The maximum absolute atomic E-state index is 12.5. The minimum absolute atomic E-state index is 0.0603. The van der Waals surface area contributed by atoms with Gasteiger partial charge in [-0.3, -0.25) is 9.59 Å². The number of carbonyl (C=O) groups excluding carboxylic acids is 2. The fraction of sp³-hybridized carbons (Fsp3) is 0.391. The summed E-state index contributed by atoms with van der Waals surface area (Å²) in [6.07, 6.45) is 4.81. The van der Waals surface area contributed by atoms with Crippen molar-refractivity contribution in [1.29, 1.82) is 0 Å². The Morgan fingerprint density at radius 3 is 2.29 bits per heavy atom. The summed E-state index contributed by atoms with van der Waals surface area (Å²) in [4.78, 5) is 24.9. The predicted octanol–water partition coefficient (Wildman–Crippen LogP) is 5.61. The lowest BCUT2D eigenvalue weighted by Crippen LogP contribution is -2.15. The van der Waals surface area contributed by atoms with Gasteiger partial charge in [0, 0.05) is 35.1 Å². The second kappa shape index (κ2) is 11.9. The number of rotatable bonds is 10. The van der Waals surface area contributed by atoms with Crippen molar-refractivity contribution in [1.82, 2.24) is 0 Å². The minimum atomic E-state index is -0.253. The summed E-state index contributed by atoms with van der Waals surface area (Å²) >= 11 is 0. The molecule has 1 aliphatic rings. The largest absolute Gasteiger partial charge is 0.494 e. The minimum Gasteiger partial charge on any atom is -0.494 e. The van der Waals surface area contributed by atoms with Crippen LogP contribution >= 0.6 is 21.6 Å². The van der Waals surface area contributed by atoms with Crippen molar-refractivity contribution in [2.75, 3.05) is 30.6 Å². The molecule has 0 saturated carbocycles. The Morgan fingerprint density at radius 1 is 1.00 bits per heavy atom. The zero-order valence-corrected chi connectivity index (χ0v) is 19.4. The molecule has 0 aliphatic carbocycles. The first-order chi connectivity index (χ1) is 15.1. The molecule has 2 aromatic rings. The number of carbonyl (C=O) groups is 2. The van der Waals surface area contributed by atoms with E-state index < -0.39 is 0 Å². The van der Waals surface area contributed by atoms with Crippen molar-refractivity contribution in [3.8, 4) is 11.5 Å². The van der Waals surface area contributed by atoms with Crippen LogP contribution in [0.15, 0.2) is 42.5 Å². The third kappa shape index (κ3) is 6.83. The number of nitrogens with one attached hydrogen (secondary N) is 2. The van der Waals surface area contributed by atoms with Gasteiger partial charge in [-0.1, -0.05) is 46.2 Å². The number of methoxy groups -OCH3 is 2. The van der Waals surface area contributed by atoms with E-state index in [0.717, 1.165) is 24.5 Å². The third-order valence-electron chi connectivity index (χ3n) is 4.99. The number of amides is 2. The molecule has 6 nitrogen and oxygen atoms in total. The molecule has 8 heteroatoms. The van der Waals surface area contributed by atoms with Crippen molar-refractivity contribution in [3.05, 3.63) is 48.0 Å². The molecule has 1 fully saturated rings. The van der Waals surface area contributed by atoms with E-state index in [-0.39, 0.29) is 11.8 Å². The SMILES string of the molecule is COc1cc(NC(=O)c2ccccc2)c(OC)cc1NC(=O)CCCCC1CCSS1. The second-order valence-corrected chi connectivity index (χ2v) is 9.98. The van der Waals surface area contributed by atoms with Crippen LogP contribution in [0.25, 0.3) is 0 Å². The maximum atomic E-state index is 12.5. The quantitative estimate of drug-likeness (QED) is 0.355. The average Bonchev–Trinajstić information content (AvgIpc) is 3.31. The van der Waals surface area contributed by atoms with Gasteiger partial charge in [-0.25, -0.2) is 0 Å². The van der Waals surface area contributed by atoms with Crippen LogP contribution in [0.4, 0.5) is 11.4 Å². The lowest BCUT2D eigenvalue weighted by atomic mass is 10.1. The Hall–Kier alpha value is -2.32. The van der Waals surface area contributed by atoms with E-state index in [1.54, 1.807) is 36.4 Å². The number of ether oxygens (including phenoxy) is 2. The molecule has 2 aromatic carbocycles. The van der Waals surface area contributed by atoms with E-state index in [0.29, 0.717) is 34.9 Å². The van der Waals surface area contributed by atoms with Crippen LogP contribution in [0.3, 0.4) is 0 Å². The second-order valence-electron chi connectivity index (χ2n) is 7.20. The van der Waals surface area contributed by atoms with E-state index in [1.165, 1.54) is 26.4 Å². The Bertz CT molecular complexity index is 887. The molecular weight excluding hydrogens is 432 g/mol. The summed E-state index contributed by atoms with van der Waals surface area (Å²) in [6.45, 7) is 0. The molecule has 31 heavy (non-hydrogen) atoms. The molecule has 0 bridgehead atoms. The highest BCUT2D eigenvalue weighted by atomic mass is 33.1. The summed E-state index contributed by atoms with van der Waals surface area (Å²) in [5, 5.41) is 6.48. The van der Waals surface area contributed by atoms with Crippen LogP contribution in [-0.4, -0.2) is 37.0 Å². The molecule has 0 aromatic heterocycles. The zero-order valence-electron chi connectivity index (χ0n) is 17.8. The lowest BCUT2D eigenvalue weighted by molar-refractivity contribution is -0.116. The number of benzene rings is 2. The predicted molar refractivity (Wildman–Crippen MR) is 129 cm³/mol. The third-order valence-corrected chi connectivity index (χ3v) is 7.99. The fourth-order valence-corrected chi connectivity index (χ4v) is 6.34. The van der Waals surface area contributed by atoms with E-state index in [9.17, 15) is 9.59 Å². The molecule has 1 unspecified atom stereocenters. The zero-order chi connectivity index (χ0) is 22.1. The molecule has 1 atom stereocenters. The molecular formula is C23H28N2O4S2. The van der Waals surface area contributed by atoms with Gasteiger partial charge in [-0.15, -0.1) is 0 Å². The van der Waals surface area contributed by atoms with Gasteiger partial charge in [0.2, 0.25) is 5.91 Å². The summed E-state index contributed by atoms with van der Waals surface area (Å²) < 4.78 is 10.9. The number of hydrogen-bond acceptors (Lipinski definition) is 6. The number of hydrogen-bond donors (Lipinski definition) is 2. The van der Waals surface area contributed by atoms with Gasteiger partial charge in [-0.2, -0.15) is 0 Å². The topological polar surface area (TPSA) is 76.7 Å². The molecule has 0 radical (unpaired) electrons. The standard InChI is InChI=1S/C23H28N2O4S2/c1-28-20-15-19(25-23(27)16-8-4-3-5-9-16)21(29-2)14-18(20)24-22(26)11-7-6-10-17-12-13-30-31-17/h3-5,8-9,14-15,17H,6-7,10-13H2,1-2H3,(H,24,26)(H,25,27). The molecule has 1 saturated heterocycles. The van der Waals surface area contributed by atoms with Gasteiger partial charge in [0.05, 0.1) is 25.6 Å². The van der Waals surface area contributed by atoms with Crippen molar-refractivity contribution in [2.24, 2.45) is 0 Å². The Labute approximate surface area is 191 Å². The average molecular weight is 461 g/mol. The summed E-state index contributed by atoms with van der Waals surface area (Å²) in [6, 6.07) is 12.3. The lowest BCUT2D eigenvalue weighted by Gasteiger charge is -2.16. The first kappa shape index (κ1) is 23.3. The van der Waals surface area contributed by atoms with Crippen molar-refractivity contribution < 1.29 is 19.1 Å². The highest BCUT2D eigenvalue weighted by molar-refractivity contribution is 8.77. The highest BCUT2D eigenvalue weighted by Gasteiger charge is 2.18. The first-order valence-corrected chi connectivity index (χ1v) is 12.7. The summed E-state index contributed by atoms with van der Waals surface area (Å²) in [5.74, 6) is 1.82. The Balaban J connectivity index is 1.61. The maximum Gasteiger partial charge on any atom is 0.255 e. The van der Waals surface area contributed by atoms with Crippen molar-refractivity contribution in [2.45, 2.75) is 37.4 Å². The molecule has 3 rings (SSSR count). The van der Waals surface area contributed by atoms with Gasteiger partial charge >= 0.3 is 0 Å². The van der Waals surface area contributed by atoms with Crippen LogP contribution in [0, 0.1) is 0 Å². The van der Waals surface area contributed by atoms with Gasteiger partial charge in [0.15, 0.2) is 0 Å².